The van der Waals surface area contributed by atoms with Gasteiger partial charge in [0.05, 0.1) is 6.54 Å². The van der Waals surface area contributed by atoms with Crippen molar-refractivity contribution in [2.45, 2.75) is 32.7 Å². The maximum atomic E-state index is 11.1. The van der Waals surface area contributed by atoms with E-state index < -0.39 is 0 Å². The van der Waals surface area contributed by atoms with Crippen LogP contribution < -0.4 is 11.1 Å². The second-order valence-corrected chi connectivity index (χ2v) is 6.71. The number of hydrogen-bond acceptors (Lipinski definition) is 4. The van der Waals surface area contributed by atoms with Crippen molar-refractivity contribution in [2.75, 3.05) is 20.1 Å². The van der Waals surface area contributed by atoms with E-state index in [0.717, 1.165) is 36.9 Å². The molecule has 1 atom stereocenters. The van der Waals surface area contributed by atoms with E-state index >= 15 is 0 Å². The Hall–Kier alpha value is -0.900. The van der Waals surface area contributed by atoms with Crippen LogP contribution >= 0.6 is 35.3 Å². The van der Waals surface area contributed by atoms with Crippen molar-refractivity contribution < 1.29 is 4.79 Å². The molecule has 1 fully saturated rings. The molecule has 0 spiro atoms. The van der Waals surface area contributed by atoms with E-state index in [0.29, 0.717) is 18.9 Å². The van der Waals surface area contributed by atoms with E-state index in [1.807, 2.05) is 6.20 Å². The fourth-order valence-corrected chi connectivity index (χ4v) is 3.41. The summed E-state index contributed by atoms with van der Waals surface area (Å²) in [6, 6.07) is 0. The lowest BCUT2D eigenvalue weighted by atomic mass is 9.95. The number of amides is 1. The van der Waals surface area contributed by atoms with Gasteiger partial charge < -0.3 is 16.0 Å². The van der Waals surface area contributed by atoms with E-state index in [1.54, 1.807) is 18.4 Å². The van der Waals surface area contributed by atoms with Gasteiger partial charge >= 0.3 is 0 Å². The van der Waals surface area contributed by atoms with Gasteiger partial charge in [0.1, 0.15) is 5.01 Å². The summed E-state index contributed by atoms with van der Waals surface area (Å²) in [7, 11) is 1.78. The standard InChI is InChI=1S/C14H23N5OS.HI/c1-10-7-17-13(21-10)8-18-14(16-2)19-5-3-4-11(9-19)6-12(15)20;/h7,11H,3-6,8-9H2,1-2H3,(H2,15,20)(H,16,18);1H. The van der Waals surface area contributed by atoms with Gasteiger partial charge in [-0.05, 0) is 25.7 Å². The van der Waals surface area contributed by atoms with Gasteiger partial charge in [-0.15, -0.1) is 35.3 Å². The predicted molar refractivity (Wildman–Crippen MR) is 101 cm³/mol. The van der Waals surface area contributed by atoms with Crippen molar-refractivity contribution in [3.05, 3.63) is 16.1 Å². The van der Waals surface area contributed by atoms with Crippen LogP contribution in [-0.2, 0) is 11.3 Å². The largest absolute Gasteiger partial charge is 0.370 e. The Labute approximate surface area is 152 Å². The molecule has 0 bridgehead atoms. The number of carbonyl (C=O) groups is 1. The summed E-state index contributed by atoms with van der Waals surface area (Å²) in [4.78, 5) is 23.2. The number of hydrogen-bond donors (Lipinski definition) is 2. The summed E-state index contributed by atoms with van der Waals surface area (Å²) < 4.78 is 0. The molecule has 0 aromatic carbocycles. The number of aromatic nitrogens is 1. The second kappa shape index (κ2) is 9.29. The third kappa shape index (κ3) is 5.71. The molecule has 1 unspecified atom stereocenters. The fraction of sp³-hybridized carbons (Fsp3) is 0.643. The van der Waals surface area contributed by atoms with Crippen LogP contribution in [-0.4, -0.2) is 41.9 Å². The maximum absolute atomic E-state index is 11.1. The number of carbonyl (C=O) groups excluding carboxylic acids is 1. The molecule has 1 aliphatic rings. The average Bonchev–Trinajstić information content (AvgIpc) is 2.85. The molecule has 1 aromatic heterocycles. The summed E-state index contributed by atoms with van der Waals surface area (Å²) in [5, 5.41) is 4.41. The summed E-state index contributed by atoms with van der Waals surface area (Å²) in [6.45, 7) is 4.53. The predicted octanol–water partition coefficient (Wildman–Crippen LogP) is 1.73. The van der Waals surface area contributed by atoms with Crippen molar-refractivity contribution in [3.8, 4) is 0 Å². The molecular weight excluding hydrogens is 413 g/mol. The first-order valence-electron chi connectivity index (χ1n) is 7.23. The number of aryl methyl sites for hydroxylation is 1. The number of rotatable bonds is 4. The average molecular weight is 437 g/mol. The summed E-state index contributed by atoms with van der Waals surface area (Å²) in [5.74, 6) is 0.983. The monoisotopic (exact) mass is 437 g/mol. The van der Waals surface area contributed by atoms with Crippen molar-refractivity contribution in [3.63, 3.8) is 0 Å². The second-order valence-electron chi connectivity index (χ2n) is 5.39. The van der Waals surface area contributed by atoms with Crippen molar-refractivity contribution in [1.29, 1.82) is 0 Å². The highest BCUT2D eigenvalue weighted by Gasteiger charge is 2.23. The van der Waals surface area contributed by atoms with Crippen LogP contribution in [0, 0.1) is 12.8 Å². The molecule has 3 N–H and O–H groups in total. The molecule has 1 aliphatic heterocycles. The first-order chi connectivity index (χ1) is 10.1. The van der Waals surface area contributed by atoms with Gasteiger partial charge in [0.25, 0.3) is 0 Å². The third-order valence-electron chi connectivity index (χ3n) is 3.59. The molecule has 2 heterocycles. The van der Waals surface area contributed by atoms with Crippen LogP contribution in [0.4, 0.5) is 0 Å². The molecule has 22 heavy (non-hydrogen) atoms. The lowest BCUT2D eigenvalue weighted by Gasteiger charge is -2.34. The quantitative estimate of drug-likeness (QED) is 0.427. The first kappa shape index (κ1) is 19.1. The van der Waals surface area contributed by atoms with Crippen molar-refractivity contribution in [2.24, 2.45) is 16.6 Å². The molecule has 0 saturated carbocycles. The molecule has 1 aromatic rings. The van der Waals surface area contributed by atoms with Gasteiger partial charge in [0.15, 0.2) is 5.96 Å². The Morgan fingerprint density at radius 1 is 1.64 bits per heavy atom. The van der Waals surface area contributed by atoms with E-state index in [-0.39, 0.29) is 29.9 Å². The van der Waals surface area contributed by atoms with E-state index in [1.165, 1.54) is 4.88 Å². The first-order valence-corrected chi connectivity index (χ1v) is 8.05. The molecule has 6 nitrogen and oxygen atoms in total. The molecule has 0 radical (unpaired) electrons. The van der Waals surface area contributed by atoms with Crippen LogP contribution in [0.25, 0.3) is 0 Å². The Kier molecular flexibility index (Phi) is 8.08. The molecular formula is C14H24IN5OS. The van der Waals surface area contributed by atoms with Crippen molar-refractivity contribution in [1.82, 2.24) is 15.2 Å². The zero-order chi connectivity index (χ0) is 15.2. The van der Waals surface area contributed by atoms with Crippen LogP contribution in [0.5, 0.6) is 0 Å². The lowest BCUT2D eigenvalue weighted by molar-refractivity contribution is -0.119. The number of nitrogens with zero attached hydrogens (tertiary/aromatic N) is 3. The molecule has 0 aliphatic carbocycles. The van der Waals surface area contributed by atoms with Gasteiger partial charge in [0.2, 0.25) is 5.91 Å². The number of aliphatic imine (C=N–C) groups is 1. The summed E-state index contributed by atoms with van der Waals surface area (Å²) in [5.41, 5.74) is 5.30. The normalized spacial score (nSPS) is 18.7. The molecule has 1 amide bonds. The number of piperidine rings is 1. The highest BCUT2D eigenvalue weighted by molar-refractivity contribution is 14.0. The van der Waals surface area contributed by atoms with Crippen LogP contribution in [0.2, 0.25) is 0 Å². The molecule has 8 heteroatoms. The van der Waals surface area contributed by atoms with Crippen LogP contribution in [0.3, 0.4) is 0 Å². The number of likely N-dealkylation sites (tertiary alicyclic amines) is 1. The number of nitrogens with one attached hydrogen (secondary N) is 1. The van der Waals surface area contributed by atoms with E-state index in [4.69, 9.17) is 5.73 Å². The maximum Gasteiger partial charge on any atom is 0.217 e. The number of primary amides is 1. The van der Waals surface area contributed by atoms with Crippen molar-refractivity contribution >= 4 is 47.2 Å². The Balaban J connectivity index is 0.00000242. The van der Waals surface area contributed by atoms with Gasteiger partial charge in [-0.1, -0.05) is 0 Å². The fourth-order valence-electron chi connectivity index (χ4n) is 2.68. The number of thiazole rings is 1. The SMILES string of the molecule is CN=C(NCc1ncc(C)s1)N1CCCC(CC(N)=O)C1.I. The Morgan fingerprint density at radius 2 is 2.41 bits per heavy atom. The van der Waals surface area contributed by atoms with Gasteiger partial charge in [0, 0.05) is 37.6 Å². The van der Waals surface area contributed by atoms with Crippen LogP contribution in [0.1, 0.15) is 29.1 Å². The minimum Gasteiger partial charge on any atom is -0.370 e. The van der Waals surface area contributed by atoms with E-state index in [2.05, 4.69) is 27.1 Å². The van der Waals surface area contributed by atoms with Gasteiger partial charge in [-0.2, -0.15) is 0 Å². The molecule has 2 rings (SSSR count). The highest BCUT2D eigenvalue weighted by atomic mass is 127. The Morgan fingerprint density at radius 3 is 3.00 bits per heavy atom. The summed E-state index contributed by atoms with van der Waals surface area (Å²) in [6.07, 6.45) is 4.46. The van der Waals surface area contributed by atoms with Gasteiger partial charge in [-0.25, -0.2) is 4.98 Å². The van der Waals surface area contributed by atoms with Gasteiger partial charge in [-0.3, -0.25) is 9.79 Å². The topological polar surface area (TPSA) is 83.6 Å². The zero-order valence-corrected chi connectivity index (χ0v) is 16.2. The molecule has 1 saturated heterocycles. The zero-order valence-electron chi connectivity index (χ0n) is 13.0. The van der Waals surface area contributed by atoms with Crippen LogP contribution in [0.15, 0.2) is 11.2 Å². The lowest BCUT2D eigenvalue weighted by Crippen LogP contribution is -2.46. The minimum atomic E-state index is -0.219. The highest BCUT2D eigenvalue weighted by Crippen LogP contribution is 2.19. The number of nitrogens with two attached hydrogens (primary N) is 1. The minimum absolute atomic E-state index is 0. The molecule has 124 valence electrons. The number of halogens is 1. The smallest absolute Gasteiger partial charge is 0.217 e. The summed E-state index contributed by atoms with van der Waals surface area (Å²) >= 11 is 1.69. The van der Waals surface area contributed by atoms with E-state index in [9.17, 15) is 4.79 Å². The number of guanidine groups is 1. The Bertz CT molecular complexity index is 519. The third-order valence-corrected chi connectivity index (χ3v) is 4.50.